The van der Waals surface area contributed by atoms with Crippen molar-refractivity contribution in [1.29, 1.82) is 0 Å². The topological polar surface area (TPSA) is 29.1 Å². The van der Waals surface area contributed by atoms with Gasteiger partial charge in [0.25, 0.3) is 0 Å². The fourth-order valence-electron chi connectivity index (χ4n) is 0.957. The molecule has 0 aliphatic heterocycles. The maximum Gasteiger partial charge on any atom is 0.226 e. The number of aryl methyl sites for hydroxylation is 1. The number of hydrogen-bond acceptors (Lipinski definition) is 1. The second-order valence-electron chi connectivity index (χ2n) is 3.61. The smallest absolute Gasteiger partial charge is 0.226 e. The molecule has 0 aliphatic rings. The van der Waals surface area contributed by atoms with Crippen LogP contribution < -0.4 is 5.32 Å². The van der Waals surface area contributed by atoms with E-state index >= 15 is 0 Å². The van der Waals surface area contributed by atoms with Crippen LogP contribution in [-0.2, 0) is 4.79 Å². The lowest BCUT2D eigenvalue weighted by molar-refractivity contribution is -0.118. The number of nitrogens with one attached hydrogen (secondary N) is 1. The second kappa shape index (κ2) is 4.47. The zero-order valence-corrected chi connectivity index (χ0v) is 9.35. The van der Waals surface area contributed by atoms with Gasteiger partial charge in [-0.2, -0.15) is 0 Å². The van der Waals surface area contributed by atoms with Gasteiger partial charge in [-0.05, 0) is 24.6 Å². The Kier molecular flexibility index (Phi) is 3.53. The van der Waals surface area contributed by atoms with E-state index in [1.54, 1.807) is 6.07 Å². The molecule has 1 N–H and O–H groups in total. The molecule has 0 saturated heterocycles. The number of carbonyl (C=O) groups excluding carboxylic acids is 1. The van der Waals surface area contributed by atoms with E-state index in [0.717, 1.165) is 11.3 Å². The van der Waals surface area contributed by atoms with E-state index in [-0.39, 0.29) is 11.8 Å². The summed E-state index contributed by atoms with van der Waals surface area (Å²) in [6.07, 6.45) is 0. The molecule has 0 fully saturated rings. The molecule has 0 heterocycles. The first-order valence-corrected chi connectivity index (χ1v) is 4.95. The fourth-order valence-corrected chi connectivity index (χ4v) is 1.14. The maximum atomic E-state index is 11.4. The third kappa shape index (κ3) is 2.74. The molecule has 1 aromatic carbocycles. The monoisotopic (exact) mass is 211 g/mol. The van der Waals surface area contributed by atoms with Crippen LogP contribution >= 0.6 is 11.6 Å². The molecule has 1 aromatic rings. The predicted octanol–water partition coefficient (Wildman–Crippen LogP) is 3.24. The van der Waals surface area contributed by atoms with Crippen molar-refractivity contribution in [3.63, 3.8) is 0 Å². The Hall–Kier alpha value is -1.02. The lowest BCUT2D eigenvalue weighted by Crippen LogP contribution is -2.17. The van der Waals surface area contributed by atoms with Crippen molar-refractivity contribution in [3.8, 4) is 0 Å². The number of amides is 1. The van der Waals surface area contributed by atoms with E-state index in [9.17, 15) is 4.79 Å². The van der Waals surface area contributed by atoms with Crippen LogP contribution in [0.1, 0.15) is 19.4 Å². The minimum Gasteiger partial charge on any atom is -0.326 e. The Morgan fingerprint density at radius 3 is 2.57 bits per heavy atom. The van der Waals surface area contributed by atoms with Crippen molar-refractivity contribution in [2.24, 2.45) is 5.92 Å². The summed E-state index contributed by atoms with van der Waals surface area (Å²) in [5.41, 5.74) is 1.76. The van der Waals surface area contributed by atoms with Gasteiger partial charge < -0.3 is 5.32 Å². The van der Waals surface area contributed by atoms with Crippen LogP contribution in [0, 0.1) is 12.8 Å². The molecule has 1 rings (SSSR count). The molecule has 0 aliphatic carbocycles. The molecule has 76 valence electrons. The molecule has 3 heteroatoms. The van der Waals surface area contributed by atoms with Gasteiger partial charge in [-0.1, -0.05) is 31.5 Å². The number of anilines is 1. The average molecular weight is 212 g/mol. The summed E-state index contributed by atoms with van der Waals surface area (Å²) >= 11 is 5.93. The first kappa shape index (κ1) is 11.1. The van der Waals surface area contributed by atoms with Crippen LogP contribution in [-0.4, -0.2) is 5.91 Å². The normalized spacial score (nSPS) is 10.4. The third-order valence-corrected chi connectivity index (χ3v) is 2.37. The molecule has 14 heavy (non-hydrogen) atoms. The van der Waals surface area contributed by atoms with Gasteiger partial charge in [0.2, 0.25) is 5.91 Å². The highest BCUT2D eigenvalue weighted by atomic mass is 35.5. The van der Waals surface area contributed by atoms with Crippen molar-refractivity contribution >= 4 is 23.2 Å². The molecule has 2 nitrogen and oxygen atoms in total. The summed E-state index contributed by atoms with van der Waals surface area (Å²) in [5.74, 6) is -0.0139. The predicted molar refractivity (Wildman–Crippen MR) is 59.7 cm³/mol. The molecular formula is C11H14ClNO. The zero-order valence-electron chi connectivity index (χ0n) is 8.60. The van der Waals surface area contributed by atoms with Crippen LogP contribution in [0.2, 0.25) is 5.02 Å². The molecule has 0 unspecified atom stereocenters. The van der Waals surface area contributed by atoms with E-state index in [4.69, 9.17) is 11.6 Å². The van der Waals surface area contributed by atoms with Gasteiger partial charge in [0.1, 0.15) is 0 Å². The number of rotatable bonds is 2. The van der Waals surface area contributed by atoms with Crippen molar-refractivity contribution in [2.45, 2.75) is 20.8 Å². The van der Waals surface area contributed by atoms with Gasteiger partial charge in [0.05, 0.1) is 0 Å². The van der Waals surface area contributed by atoms with Crippen LogP contribution in [0.4, 0.5) is 5.69 Å². The van der Waals surface area contributed by atoms with Crippen LogP contribution in [0.25, 0.3) is 0 Å². The summed E-state index contributed by atoms with van der Waals surface area (Å²) in [4.78, 5) is 11.4. The SMILES string of the molecule is Cc1ccc(NC(=O)C(C)C)cc1Cl. The van der Waals surface area contributed by atoms with Gasteiger partial charge in [-0.25, -0.2) is 0 Å². The zero-order chi connectivity index (χ0) is 10.7. The number of carbonyl (C=O) groups is 1. The number of hydrogen-bond donors (Lipinski definition) is 1. The van der Waals surface area contributed by atoms with E-state index < -0.39 is 0 Å². The van der Waals surface area contributed by atoms with E-state index in [1.807, 2.05) is 32.9 Å². The minimum atomic E-state index is -0.0184. The molecule has 0 atom stereocenters. The molecule has 0 spiro atoms. The Balaban J connectivity index is 2.78. The van der Waals surface area contributed by atoms with E-state index in [1.165, 1.54) is 0 Å². The molecule has 0 radical (unpaired) electrons. The van der Waals surface area contributed by atoms with Gasteiger partial charge >= 0.3 is 0 Å². The summed E-state index contributed by atoms with van der Waals surface area (Å²) < 4.78 is 0. The number of halogens is 1. The lowest BCUT2D eigenvalue weighted by atomic mass is 10.2. The van der Waals surface area contributed by atoms with E-state index in [2.05, 4.69) is 5.32 Å². The van der Waals surface area contributed by atoms with Gasteiger partial charge in [-0.3, -0.25) is 4.79 Å². The van der Waals surface area contributed by atoms with Crippen molar-refractivity contribution < 1.29 is 4.79 Å². The number of benzene rings is 1. The van der Waals surface area contributed by atoms with Crippen molar-refractivity contribution in [3.05, 3.63) is 28.8 Å². The Labute approximate surface area is 89.3 Å². The summed E-state index contributed by atoms with van der Waals surface area (Å²) in [5, 5.41) is 3.46. The average Bonchev–Trinajstić information content (AvgIpc) is 2.11. The Morgan fingerprint density at radius 2 is 2.07 bits per heavy atom. The lowest BCUT2D eigenvalue weighted by Gasteiger charge is -2.08. The largest absolute Gasteiger partial charge is 0.326 e. The third-order valence-electron chi connectivity index (χ3n) is 1.96. The fraction of sp³-hybridized carbons (Fsp3) is 0.364. The minimum absolute atomic E-state index is 0.00456. The highest BCUT2D eigenvalue weighted by Gasteiger charge is 2.07. The maximum absolute atomic E-state index is 11.4. The quantitative estimate of drug-likeness (QED) is 0.800. The molecule has 0 saturated carbocycles. The summed E-state index contributed by atoms with van der Waals surface area (Å²) in [6, 6.07) is 5.50. The Bertz CT molecular complexity index is 347. The van der Waals surface area contributed by atoms with Crippen LogP contribution in [0.5, 0.6) is 0 Å². The molecular weight excluding hydrogens is 198 g/mol. The summed E-state index contributed by atoms with van der Waals surface area (Å²) in [6.45, 7) is 5.63. The standard InChI is InChI=1S/C11H14ClNO/c1-7(2)11(14)13-9-5-4-8(3)10(12)6-9/h4-7H,1-3H3,(H,13,14). The highest BCUT2D eigenvalue weighted by Crippen LogP contribution is 2.20. The van der Waals surface area contributed by atoms with Gasteiger partial charge in [-0.15, -0.1) is 0 Å². The molecule has 1 amide bonds. The molecule has 0 aromatic heterocycles. The highest BCUT2D eigenvalue weighted by molar-refractivity contribution is 6.31. The van der Waals surface area contributed by atoms with Crippen LogP contribution in [0.15, 0.2) is 18.2 Å². The van der Waals surface area contributed by atoms with Crippen molar-refractivity contribution in [1.82, 2.24) is 0 Å². The van der Waals surface area contributed by atoms with Gasteiger partial charge in [0, 0.05) is 16.6 Å². The van der Waals surface area contributed by atoms with Crippen molar-refractivity contribution in [2.75, 3.05) is 5.32 Å². The Morgan fingerprint density at radius 1 is 1.43 bits per heavy atom. The van der Waals surface area contributed by atoms with Crippen LogP contribution in [0.3, 0.4) is 0 Å². The van der Waals surface area contributed by atoms with Gasteiger partial charge in [0.15, 0.2) is 0 Å². The first-order valence-electron chi connectivity index (χ1n) is 4.57. The molecule has 0 bridgehead atoms. The van der Waals surface area contributed by atoms with E-state index in [0.29, 0.717) is 5.02 Å². The summed E-state index contributed by atoms with van der Waals surface area (Å²) in [7, 11) is 0. The second-order valence-corrected chi connectivity index (χ2v) is 4.02. The first-order chi connectivity index (χ1) is 6.50.